The van der Waals surface area contributed by atoms with E-state index >= 15 is 0 Å². The van der Waals surface area contributed by atoms with E-state index in [9.17, 15) is 0 Å². The van der Waals surface area contributed by atoms with Gasteiger partial charge in [0.2, 0.25) is 0 Å². The van der Waals surface area contributed by atoms with E-state index in [-0.39, 0.29) is 0 Å². The fraction of sp³-hybridized carbons (Fsp3) is 0. The number of fused-ring (bicyclic) bond motifs is 10. The summed E-state index contributed by atoms with van der Waals surface area (Å²) in [5, 5.41) is 16.7. The molecule has 0 amide bonds. The van der Waals surface area contributed by atoms with E-state index in [0.29, 0.717) is 0 Å². The zero-order chi connectivity index (χ0) is 40.7. The SMILES string of the molecule is c1ccc(-c2nnc(-c3cccc4c3c3ccccc3n4-c3ccccc3-c3cccc(-n4c5ccccc5c5ccc6oc7ccccc7c6c54)c3)n2-c2ccccc2)cc1. The highest BCUT2D eigenvalue weighted by Crippen LogP contribution is 2.44. The first-order valence-electron chi connectivity index (χ1n) is 20.9. The summed E-state index contributed by atoms with van der Waals surface area (Å²) in [5.74, 6) is 1.58. The first kappa shape index (κ1) is 34.4. The van der Waals surface area contributed by atoms with Crippen LogP contribution >= 0.6 is 0 Å². The summed E-state index contributed by atoms with van der Waals surface area (Å²) in [6.45, 7) is 0. The van der Waals surface area contributed by atoms with E-state index in [2.05, 4.69) is 196 Å². The van der Waals surface area contributed by atoms with Gasteiger partial charge in [-0.1, -0.05) is 146 Å². The van der Waals surface area contributed by atoms with Crippen LogP contribution in [-0.2, 0) is 0 Å². The molecule has 6 nitrogen and oxygen atoms in total. The molecular formula is C56H35N5O. The summed E-state index contributed by atoms with van der Waals surface area (Å²) in [7, 11) is 0. The Hall–Kier alpha value is -8.48. The van der Waals surface area contributed by atoms with Crippen LogP contribution in [0.5, 0.6) is 0 Å². The Labute approximate surface area is 355 Å². The van der Waals surface area contributed by atoms with E-state index in [0.717, 1.165) is 106 Å². The second-order valence-corrected chi connectivity index (χ2v) is 15.8. The lowest BCUT2D eigenvalue weighted by molar-refractivity contribution is 0.669. The molecule has 13 aromatic rings. The van der Waals surface area contributed by atoms with Gasteiger partial charge in [0.05, 0.1) is 33.1 Å². The van der Waals surface area contributed by atoms with Crippen LogP contribution in [0.15, 0.2) is 217 Å². The van der Waals surface area contributed by atoms with E-state index in [1.54, 1.807) is 0 Å². The Morgan fingerprint density at radius 1 is 0.339 bits per heavy atom. The molecule has 0 atom stereocenters. The number of aromatic nitrogens is 5. The Kier molecular flexibility index (Phi) is 7.50. The average Bonchev–Trinajstić information content (AvgIpc) is 4.12. The lowest BCUT2D eigenvalue weighted by Crippen LogP contribution is -2.01. The molecule has 9 aromatic carbocycles. The number of hydrogen-bond acceptors (Lipinski definition) is 3. The van der Waals surface area contributed by atoms with Crippen molar-refractivity contribution in [3.63, 3.8) is 0 Å². The Bertz CT molecular complexity index is 3870. The van der Waals surface area contributed by atoms with Gasteiger partial charge in [-0.05, 0) is 72.3 Å². The van der Waals surface area contributed by atoms with Crippen LogP contribution < -0.4 is 0 Å². The third kappa shape index (κ3) is 5.04. The molecule has 62 heavy (non-hydrogen) atoms. The van der Waals surface area contributed by atoms with Gasteiger partial charge in [0.1, 0.15) is 11.2 Å². The lowest BCUT2D eigenvalue weighted by atomic mass is 10.0. The molecular weight excluding hydrogens is 759 g/mol. The van der Waals surface area contributed by atoms with Crippen molar-refractivity contribution < 1.29 is 4.42 Å². The summed E-state index contributed by atoms with van der Waals surface area (Å²) in [6, 6.07) is 75.1. The van der Waals surface area contributed by atoms with Crippen LogP contribution in [0.25, 0.3) is 117 Å². The smallest absolute Gasteiger partial charge is 0.169 e. The molecule has 0 unspecified atom stereocenters. The molecule has 0 aliphatic heterocycles. The van der Waals surface area contributed by atoms with E-state index in [1.807, 2.05) is 30.3 Å². The maximum Gasteiger partial charge on any atom is 0.169 e. The summed E-state index contributed by atoms with van der Waals surface area (Å²) < 4.78 is 13.4. The Morgan fingerprint density at radius 2 is 0.952 bits per heavy atom. The minimum Gasteiger partial charge on any atom is -0.456 e. The van der Waals surface area contributed by atoms with Crippen LogP contribution in [0.2, 0.25) is 0 Å². The zero-order valence-electron chi connectivity index (χ0n) is 33.4. The van der Waals surface area contributed by atoms with Crippen molar-refractivity contribution in [1.29, 1.82) is 0 Å². The fourth-order valence-electron chi connectivity index (χ4n) is 9.78. The normalized spacial score (nSPS) is 11.9. The number of hydrogen-bond donors (Lipinski definition) is 0. The molecule has 6 heteroatoms. The van der Waals surface area contributed by atoms with E-state index in [1.165, 1.54) is 10.8 Å². The standard InChI is InChI=1S/C56H35N5O/c1-3-17-36(18-4-1)55-57-58-56(60(55)38-20-5-2-6-21-38)45-27-16-31-49-52(45)43-25-9-13-30-48(43)61(49)46-28-11-7-23-40(46)37-19-15-22-39(35-37)59-47-29-12-8-24-41(47)42-33-34-51-53(54(42)59)44-26-10-14-32-50(44)62-51/h1-35H. The molecule has 0 N–H and O–H groups in total. The first-order chi connectivity index (χ1) is 30.8. The van der Waals surface area contributed by atoms with E-state index in [4.69, 9.17) is 14.6 Å². The highest BCUT2D eigenvalue weighted by Gasteiger charge is 2.24. The van der Waals surface area contributed by atoms with Crippen molar-refractivity contribution in [2.45, 2.75) is 0 Å². The average molecular weight is 794 g/mol. The second-order valence-electron chi connectivity index (χ2n) is 15.8. The molecule has 0 aliphatic carbocycles. The molecule has 0 fully saturated rings. The molecule has 0 saturated heterocycles. The van der Waals surface area contributed by atoms with Gasteiger partial charge in [-0.15, -0.1) is 10.2 Å². The van der Waals surface area contributed by atoms with Crippen LogP contribution in [0.4, 0.5) is 0 Å². The van der Waals surface area contributed by atoms with Crippen molar-refractivity contribution in [3.05, 3.63) is 212 Å². The van der Waals surface area contributed by atoms with Gasteiger partial charge < -0.3 is 13.6 Å². The number of benzene rings is 9. The Balaban J connectivity index is 1.04. The summed E-state index contributed by atoms with van der Waals surface area (Å²) in [4.78, 5) is 0. The summed E-state index contributed by atoms with van der Waals surface area (Å²) in [6.07, 6.45) is 0. The van der Waals surface area contributed by atoms with Crippen LogP contribution in [0, 0.1) is 0 Å². The molecule has 0 aliphatic rings. The number of furan rings is 1. The third-order valence-corrected chi connectivity index (χ3v) is 12.4. The van der Waals surface area contributed by atoms with Gasteiger partial charge in [0.15, 0.2) is 11.6 Å². The third-order valence-electron chi connectivity index (χ3n) is 12.4. The molecule has 0 spiro atoms. The maximum absolute atomic E-state index is 6.43. The minimum atomic E-state index is 0.787. The molecule has 0 saturated carbocycles. The molecule has 290 valence electrons. The predicted octanol–water partition coefficient (Wildman–Crippen LogP) is 14.4. The fourth-order valence-corrected chi connectivity index (χ4v) is 9.78. The van der Waals surface area contributed by atoms with Crippen molar-refractivity contribution in [2.75, 3.05) is 0 Å². The largest absolute Gasteiger partial charge is 0.456 e. The second kappa shape index (κ2) is 13.5. The van der Waals surface area contributed by atoms with Gasteiger partial charge in [0.25, 0.3) is 0 Å². The monoisotopic (exact) mass is 793 g/mol. The molecule has 0 bridgehead atoms. The highest BCUT2D eigenvalue weighted by atomic mass is 16.3. The number of rotatable bonds is 6. The topological polar surface area (TPSA) is 53.7 Å². The molecule has 13 rings (SSSR count). The minimum absolute atomic E-state index is 0.787. The Morgan fingerprint density at radius 3 is 1.81 bits per heavy atom. The highest BCUT2D eigenvalue weighted by molar-refractivity contribution is 6.24. The maximum atomic E-state index is 6.43. The van der Waals surface area contributed by atoms with Gasteiger partial charge in [-0.2, -0.15) is 0 Å². The summed E-state index contributed by atoms with van der Waals surface area (Å²) in [5.41, 5.74) is 13.7. The zero-order valence-corrected chi connectivity index (χ0v) is 33.4. The predicted molar refractivity (Wildman–Crippen MR) is 254 cm³/mol. The van der Waals surface area contributed by atoms with Crippen LogP contribution in [-0.4, -0.2) is 23.9 Å². The van der Waals surface area contributed by atoms with Crippen molar-refractivity contribution >= 4 is 65.6 Å². The molecule has 4 heterocycles. The van der Waals surface area contributed by atoms with Gasteiger partial charge in [0, 0.05) is 55.0 Å². The van der Waals surface area contributed by atoms with Crippen molar-refractivity contribution in [3.8, 4) is 51.0 Å². The van der Waals surface area contributed by atoms with E-state index < -0.39 is 0 Å². The summed E-state index contributed by atoms with van der Waals surface area (Å²) >= 11 is 0. The molecule has 0 radical (unpaired) electrons. The van der Waals surface area contributed by atoms with Gasteiger partial charge in [-0.3, -0.25) is 4.57 Å². The van der Waals surface area contributed by atoms with Gasteiger partial charge >= 0.3 is 0 Å². The van der Waals surface area contributed by atoms with Crippen molar-refractivity contribution in [2.24, 2.45) is 0 Å². The molecule has 4 aromatic heterocycles. The van der Waals surface area contributed by atoms with Crippen LogP contribution in [0.1, 0.15) is 0 Å². The first-order valence-corrected chi connectivity index (χ1v) is 20.9. The quantitative estimate of drug-likeness (QED) is 0.168. The lowest BCUT2D eigenvalue weighted by Gasteiger charge is -2.16. The number of nitrogens with zero attached hydrogens (tertiary/aromatic N) is 5. The number of para-hydroxylation sites is 5. The van der Waals surface area contributed by atoms with Crippen molar-refractivity contribution in [1.82, 2.24) is 23.9 Å². The van der Waals surface area contributed by atoms with Gasteiger partial charge in [-0.25, -0.2) is 0 Å². The van der Waals surface area contributed by atoms with Crippen LogP contribution in [0.3, 0.4) is 0 Å².